The smallest absolute Gasteiger partial charge is 0.220 e. The molecule has 2 N–H and O–H groups in total. The van der Waals surface area contributed by atoms with Crippen molar-refractivity contribution in [1.82, 2.24) is 19.5 Å². The van der Waals surface area contributed by atoms with Crippen LogP contribution in [0.4, 0.5) is 14.7 Å². The van der Waals surface area contributed by atoms with Crippen molar-refractivity contribution in [2.75, 3.05) is 5.73 Å². The zero-order chi connectivity index (χ0) is 16.8. The van der Waals surface area contributed by atoms with E-state index in [0.717, 1.165) is 37.7 Å². The van der Waals surface area contributed by atoms with Crippen LogP contribution in [0.15, 0.2) is 18.3 Å². The van der Waals surface area contributed by atoms with Crippen LogP contribution in [-0.4, -0.2) is 19.5 Å². The maximum Gasteiger partial charge on any atom is 0.220 e. The Morgan fingerprint density at radius 2 is 1.88 bits per heavy atom. The molecular weight excluding hydrogens is 312 g/mol. The van der Waals surface area contributed by atoms with Gasteiger partial charge in [-0.25, -0.2) is 23.7 Å². The SMILES string of the molecule is Cc1nc2c(F)cc(-c3nc(N)ncc3F)cc2n1C1CCCC1. The molecule has 3 aromatic rings. The molecule has 1 aliphatic carbocycles. The second kappa shape index (κ2) is 5.51. The Labute approximate surface area is 137 Å². The Bertz CT molecular complexity index is 928. The minimum absolute atomic E-state index is 0.000116. The van der Waals surface area contributed by atoms with Crippen LogP contribution in [0.3, 0.4) is 0 Å². The standard InChI is InChI=1S/C17H17F2N5/c1-9-22-16-12(18)6-10(15-13(19)8-21-17(20)23-15)7-14(16)24(9)11-4-2-3-5-11/h6-8,11H,2-5H2,1H3,(H2,20,21,23). The maximum absolute atomic E-state index is 14.6. The van der Waals surface area contributed by atoms with Crippen LogP contribution >= 0.6 is 0 Å². The van der Waals surface area contributed by atoms with Crippen LogP contribution in [0, 0.1) is 18.6 Å². The van der Waals surface area contributed by atoms with Gasteiger partial charge in [0, 0.05) is 11.6 Å². The molecule has 0 aliphatic heterocycles. The highest BCUT2D eigenvalue weighted by molar-refractivity contribution is 5.83. The highest BCUT2D eigenvalue weighted by atomic mass is 19.1. The Hall–Kier alpha value is -2.57. The molecule has 124 valence electrons. The summed E-state index contributed by atoms with van der Waals surface area (Å²) in [6.07, 6.45) is 5.41. The number of imidazole rings is 1. The highest BCUT2D eigenvalue weighted by Gasteiger charge is 2.23. The largest absolute Gasteiger partial charge is 0.368 e. The molecular formula is C17H17F2N5. The number of aryl methyl sites for hydroxylation is 1. The van der Waals surface area contributed by atoms with E-state index in [0.29, 0.717) is 22.6 Å². The number of fused-ring (bicyclic) bond motifs is 1. The molecule has 5 nitrogen and oxygen atoms in total. The van der Waals surface area contributed by atoms with E-state index in [4.69, 9.17) is 5.73 Å². The first-order valence-electron chi connectivity index (χ1n) is 8.01. The lowest BCUT2D eigenvalue weighted by Gasteiger charge is -2.15. The molecule has 2 heterocycles. The summed E-state index contributed by atoms with van der Waals surface area (Å²) in [6, 6.07) is 3.30. The highest BCUT2D eigenvalue weighted by Crippen LogP contribution is 2.35. The Morgan fingerprint density at radius 3 is 2.62 bits per heavy atom. The predicted molar refractivity (Wildman–Crippen MR) is 87.3 cm³/mol. The van der Waals surface area contributed by atoms with Crippen LogP contribution in [-0.2, 0) is 0 Å². The molecule has 7 heteroatoms. The van der Waals surface area contributed by atoms with E-state index < -0.39 is 11.6 Å². The number of anilines is 1. The van der Waals surface area contributed by atoms with Gasteiger partial charge < -0.3 is 10.3 Å². The number of nitrogens with two attached hydrogens (primary N) is 1. The van der Waals surface area contributed by atoms with Crippen LogP contribution in [0.1, 0.15) is 37.5 Å². The third-order valence-corrected chi connectivity index (χ3v) is 4.65. The number of halogens is 2. The quantitative estimate of drug-likeness (QED) is 0.777. The summed E-state index contributed by atoms with van der Waals surface area (Å²) in [7, 11) is 0. The van der Waals surface area contributed by atoms with E-state index in [9.17, 15) is 8.78 Å². The van der Waals surface area contributed by atoms with Crippen molar-refractivity contribution < 1.29 is 8.78 Å². The molecule has 0 amide bonds. The van der Waals surface area contributed by atoms with Crippen molar-refractivity contribution in [3.8, 4) is 11.3 Å². The number of hydrogen-bond donors (Lipinski definition) is 1. The molecule has 1 aliphatic rings. The molecule has 0 radical (unpaired) electrons. The van der Waals surface area contributed by atoms with Crippen molar-refractivity contribution in [1.29, 1.82) is 0 Å². The van der Waals surface area contributed by atoms with Crippen molar-refractivity contribution >= 4 is 17.0 Å². The Morgan fingerprint density at radius 1 is 1.12 bits per heavy atom. The second-order valence-electron chi connectivity index (χ2n) is 6.22. The number of aromatic nitrogens is 4. The summed E-state index contributed by atoms with van der Waals surface area (Å²) in [5.41, 5.74) is 6.87. The Kier molecular flexibility index (Phi) is 3.44. The zero-order valence-electron chi connectivity index (χ0n) is 13.3. The van der Waals surface area contributed by atoms with Gasteiger partial charge in [-0.2, -0.15) is 0 Å². The van der Waals surface area contributed by atoms with E-state index in [1.54, 1.807) is 6.07 Å². The van der Waals surface area contributed by atoms with Gasteiger partial charge in [-0.3, -0.25) is 0 Å². The third-order valence-electron chi connectivity index (χ3n) is 4.65. The molecule has 0 bridgehead atoms. The molecule has 1 fully saturated rings. The average Bonchev–Trinajstić information content (AvgIpc) is 3.16. The summed E-state index contributed by atoms with van der Waals surface area (Å²) in [5, 5.41) is 0. The summed E-state index contributed by atoms with van der Waals surface area (Å²) in [6.45, 7) is 1.88. The van der Waals surface area contributed by atoms with Crippen LogP contribution in [0.5, 0.6) is 0 Å². The minimum Gasteiger partial charge on any atom is -0.368 e. The number of benzene rings is 1. The van der Waals surface area contributed by atoms with Crippen LogP contribution < -0.4 is 5.73 Å². The van der Waals surface area contributed by atoms with Crippen molar-refractivity contribution in [2.24, 2.45) is 0 Å². The van der Waals surface area contributed by atoms with E-state index in [-0.39, 0.29) is 11.6 Å². The van der Waals surface area contributed by atoms with E-state index >= 15 is 0 Å². The fourth-order valence-electron chi connectivity index (χ4n) is 3.61. The maximum atomic E-state index is 14.6. The monoisotopic (exact) mass is 329 g/mol. The van der Waals surface area contributed by atoms with Gasteiger partial charge in [0.15, 0.2) is 11.6 Å². The molecule has 0 saturated heterocycles. The van der Waals surface area contributed by atoms with E-state index in [1.807, 2.05) is 6.92 Å². The molecule has 1 saturated carbocycles. The van der Waals surface area contributed by atoms with Crippen molar-refractivity contribution in [3.63, 3.8) is 0 Å². The van der Waals surface area contributed by atoms with Gasteiger partial charge in [0.1, 0.15) is 17.0 Å². The molecule has 0 unspecified atom stereocenters. The fourth-order valence-corrected chi connectivity index (χ4v) is 3.61. The lowest BCUT2D eigenvalue weighted by atomic mass is 10.1. The molecule has 0 spiro atoms. The normalized spacial score (nSPS) is 15.5. The van der Waals surface area contributed by atoms with Gasteiger partial charge in [0.05, 0.1) is 11.7 Å². The number of nitrogen functional groups attached to an aromatic ring is 1. The average molecular weight is 329 g/mol. The van der Waals surface area contributed by atoms with Gasteiger partial charge in [0.25, 0.3) is 0 Å². The third kappa shape index (κ3) is 2.31. The molecule has 1 aromatic carbocycles. The van der Waals surface area contributed by atoms with Crippen molar-refractivity contribution in [3.05, 3.63) is 35.8 Å². The minimum atomic E-state index is -0.633. The predicted octanol–water partition coefficient (Wildman–Crippen LogP) is 3.78. The molecule has 24 heavy (non-hydrogen) atoms. The molecule has 4 rings (SSSR count). The summed E-state index contributed by atoms with van der Waals surface area (Å²) in [4.78, 5) is 11.9. The van der Waals surface area contributed by atoms with Crippen LogP contribution in [0.25, 0.3) is 22.3 Å². The van der Waals surface area contributed by atoms with Crippen LogP contribution in [0.2, 0.25) is 0 Å². The topological polar surface area (TPSA) is 69.6 Å². The van der Waals surface area contributed by atoms with E-state index in [2.05, 4.69) is 19.5 Å². The van der Waals surface area contributed by atoms with Gasteiger partial charge in [-0.15, -0.1) is 0 Å². The first kappa shape index (κ1) is 15.0. The number of nitrogens with zero attached hydrogens (tertiary/aromatic N) is 4. The summed E-state index contributed by atoms with van der Waals surface area (Å²) in [5.74, 6) is -0.395. The van der Waals surface area contributed by atoms with E-state index in [1.165, 1.54) is 6.07 Å². The summed E-state index contributed by atoms with van der Waals surface area (Å²) < 4.78 is 30.7. The van der Waals surface area contributed by atoms with Gasteiger partial charge in [-0.05, 0) is 31.9 Å². The first-order valence-corrected chi connectivity index (χ1v) is 8.01. The van der Waals surface area contributed by atoms with Gasteiger partial charge in [0.2, 0.25) is 5.95 Å². The molecule has 2 aromatic heterocycles. The number of rotatable bonds is 2. The summed E-state index contributed by atoms with van der Waals surface area (Å²) >= 11 is 0. The van der Waals surface area contributed by atoms with Gasteiger partial charge in [-0.1, -0.05) is 12.8 Å². The number of hydrogen-bond acceptors (Lipinski definition) is 4. The molecule has 0 atom stereocenters. The Balaban J connectivity index is 1.95. The lowest BCUT2D eigenvalue weighted by molar-refractivity contribution is 0.520. The second-order valence-corrected chi connectivity index (χ2v) is 6.22. The fraction of sp³-hybridized carbons (Fsp3) is 0.353. The lowest BCUT2D eigenvalue weighted by Crippen LogP contribution is -2.06. The first-order chi connectivity index (χ1) is 11.5. The van der Waals surface area contributed by atoms with Gasteiger partial charge >= 0.3 is 0 Å². The zero-order valence-corrected chi connectivity index (χ0v) is 13.3. The van der Waals surface area contributed by atoms with Crippen molar-refractivity contribution in [2.45, 2.75) is 38.6 Å².